The molecule has 1 heterocycles. The first-order valence-corrected chi connectivity index (χ1v) is 9.89. The number of hydrogen-bond donors (Lipinski definition) is 3. The van der Waals surface area contributed by atoms with E-state index in [2.05, 4.69) is 0 Å². The summed E-state index contributed by atoms with van der Waals surface area (Å²) in [7, 11) is 0. The topological polar surface area (TPSA) is 81.0 Å². The van der Waals surface area contributed by atoms with Crippen molar-refractivity contribution in [2.45, 2.75) is 18.9 Å². The largest absolute Gasteiger partial charge is 0.508 e. The van der Waals surface area contributed by atoms with Crippen molar-refractivity contribution in [2.24, 2.45) is 0 Å². The highest BCUT2D eigenvalue weighted by Crippen LogP contribution is 2.45. The van der Waals surface area contributed by atoms with Gasteiger partial charge in [0.2, 0.25) is 0 Å². The lowest BCUT2D eigenvalue weighted by molar-refractivity contribution is -0.131. The molecule has 0 saturated carbocycles. The molecule has 6 heteroatoms. The molecule has 0 aromatic heterocycles. The number of hydrogen-bond acceptors (Lipinski definition) is 4. The third-order valence-electron chi connectivity index (χ3n) is 5.87. The first-order valence-electron chi connectivity index (χ1n) is 9.89. The van der Waals surface area contributed by atoms with Crippen LogP contribution in [0.2, 0.25) is 0 Å². The van der Waals surface area contributed by atoms with Gasteiger partial charge in [-0.15, -0.1) is 0 Å². The van der Waals surface area contributed by atoms with Crippen LogP contribution in [0, 0.1) is 5.82 Å². The molecule has 3 N–H and O–H groups in total. The zero-order valence-corrected chi connectivity index (χ0v) is 16.9. The van der Waals surface area contributed by atoms with Crippen molar-refractivity contribution in [3.63, 3.8) is 0 Å². The summed E-state index contributed by atoms with van der Waals surface area (Å²) in [6.07, 6.45) is 3.21. The smallest absolute Gasteiger partial charge is 0.328 e. The fourth-order valence-electron chi connectivity index (χ4n) is 4.34. The van der Waals surface area contributed by atoms with Gasteiger partial charge in [0, 0.05) is 18.7 Å². The van der Waals surface area contributed by atoms with E-state index in [0.29, 0.717) is 18.7 Å². The van der Waals surface area contributed by atoms with E-state index >= 15 is 0 Å². The van der Waals surface area contributed by atoms with Crippen LogP contribution >= 0.6 is 0 Å². The van der Waals surface area contributed by atoms with E-state index < -0.39 is 17.3 Å². The number of carboxylic acid groups (broad SMARTS) is 1. The van der Waals surface area contributed by atoms with E-state index in [0.717, 1.165) is 34.4 Å². The number of rotatable bonds is 4. The number of fused-ring (bicyclic) bond motifs is 1. The predicted molar refractivity (Wildman–Crippen MR) is 117 cm³/mol. The summed E-state index contributed by atoms with van der Waals surface area (Å²) < 4.78 is 14.9. The van der Waals surface area contributed by atoms with E-state index in [1.165, 1.54) is 12.1 Å². The van der Waals surface area contributed by atoms with E-state index in [4.69, 9.17) is 5.11 Å². The van der Waals surface area contributed by atoms with E-state index in [1.807, 2.05) is 42.2 Å². The number of phenols is 2. The molecule has 1 aliphatic rings. The van der Waals surface area contributed by atoms with Crippen molar-refractivity contribution < 1.29 is 24.5 Å². The van der Waals surface area contributed by atoms with Gasteiger partial charge in [-0.05, 0) is 65.9 Å². The average molecular weight is 419 g/mol. The summed E-state index contributed by atoms with van der Waals surface area (Å²) in [6.45, 7) is 2.51. The zero-order chi connectivity index (χ0) is 22.2. The quantitative estimate of drug-likeness (QED) is 0.536. The fraction of sp³-hybridized carbons (Fsp3) is 0.160. The van der Waals surface area contributed by atoms with Crippen molar-refractivity contribution in [2.75, 3.05) is 11.4 Å². The molecule has 3 aromatic rings. The molecule has 0 fully saturated rings. The monoisotopic (exact) mass is 419 g/mol. The number of nitrogens with zero attached hydrogens (tertiary/aromatic N) is 1. The van der Waals surface area contributed by atoms with E-state index in [9.17, 15) is 19.4 Å². The minimum absolute atomic E-state index is 0.139. The van der Waals surface area contributed by atoms with Crippen LogP contribution in [0.25, 0.3) is 6.08 Å². The van der Waals surface area contributed by atoms with Gasteiger partial charge in [-0.25, -0.2) is 9.18 Å². The van der Waals surface area contributed by atoms with Gasteiger partial charge in [-0.3, -0.25) is 0 Å². The van der Waals surface area contributed by atoms with Gasteiger partial charge in [0.25, 0.3) is 0 Å². The maximum Gasteiger partial charge on any atom is 0.328 e. The van der Waals surface area contributed by atoms with Crippen molar-refractivity contribution in [3.05, 3.63) is 94.8 Å². The highest BCUT2D eigenvalue weighted by Gasteiger charge is 2.41. The Bertz CT molecular complexity index is 1170. The van der Waals surface area contributed by atoms with Crippen molar-refractivity contribution >= 4 is 17.7 Å². The maximum absolute atomic E-state index is 14.9. The summed E-state index contributed by atoms with van der Waals surface area (Å²) in [5.41, 5.74) is 3.16. The number of benzene rings is 3. The molecule has 158 valence electrons. The molecule has 5 nitrogen and oxygen atoms in total. The molecule has 1 atom stereocenters. The first-order chi connectivity index (χ1) is 14.8. The molecule has 4 rings (SSSR count). The lowest BCUT2D eigenvalue weighted by Gasteiger charge is -2.48. The lowest BCUT2D eigenvalue weighted by Crippen LogP contribution is -2.50. The molecular formula is C25H22FNO4. The van der Waals surface area contributed by atoms with Gasteiger partial charge in [-0.2, -0.15) is 0 Å². The molecule has 1 unspecified atom stereocenters. The molecule has 3 aromatic carbocycles. The van der Waals surface area contributed by atoms with E-state index in [-0.39, 0.29) is 11.5 Å². The Labute approximate surface area is 179 Å². The second-order valence-corrected chi connectivity index (χ2v) is 7.74. The minimum atomic E-state index is -1.02. The Kier molecular flexibility index (Phi) is 5.15. The van der Waals surface area contributed by atoms with Crippen LogP contribution in [0.5, 0.6) is 11.5 Å². The lowest BCUT2D eigenvalue weighted by atomic mass is 9.76. The van der Waals surface area contributed by atoms with Crippen LogP contribution < -0.4 is 4.90 Å². The van der Waals surface area contributed by atoms with Crippen LogP contribution in [0.4, 0.5) is 10.1 Å². The second kappa shape index (κ2) is 7.80. The summed E-state index contributed by atoms with van der Waals surface area (Å²) in [6, 6.07) is 16.8. The standard InChI is InChI=1S/C25H22FNO4/c1-25(18-5-2-16(3-6-18)4-11-24(30)31)21-9-7-19(28)14-17(21)12-13-27(25)23-10-8-20(29)15-22(23)26/h2-11,14-15,28-29H,12-13H2,1H3,(H,30,31)/b11-4+. The van der Waals surface area contributed by atoms with Crippen LogP contribution in [0.15, 0.2) is 66.7 Å². The number of anilines is 1. The van der Waals surface area contributed by atoms with Crippen LogP contribution in [0.1, 0.15) is 29.2 Å². The third kappa shape index (κ3) is 3.72. The number of aromatic hydroxyl groups is 2. The van der Waals surface area contributed by atoms with Gasteiger partial charge in [-0.1, -0.05) is 30.3 Å². The molecule has 0 spiro atoms. The van der Waals surface area contributed by atoms with Crippen LogP contribution in [-0.4, -0.2) is 27.8 Å². The molecule has 0 aliphatic carbocycles. The zero-order valence-electron chi connectivity index (χ0n) is 16.9. The Morgan fingerprint density at radius 1 is 1.03 bits per heavy atom. The van der Waals surface area contributed by atoms with Gasteiger partial charge in [0.1, 0.15) is 17.3 Å². The summed E-state index contributed by atoms with van der Waals surface area (Å²) in [5.74, 6) is -1.50. The Hall–Kier alpha value is -3.80. The molecule has 0 radical (unpaired) electrons. The van der Waals surface area contributed by atoms with Crippen molar-refractivity contribution in [3.8, 4) is 11.5 Å². The Balaban J connectivity index is 1.87. The van der Waals surface area contributed by atoms with Gasteiger partial charge >= 0.3 is 5.97 Å². The molecule has 1 aliphatic heterocycles. The minimum Gasteiger partial charge on any atom is -0.508 e. The van der Waals surface area contributed by atoms with E-state index in [1.54, 1.807) is 18.2 Å². The Morgan fingerprint density at radius 3 is 2.39 bits per heavy atom. The fourth-order valence-corrected chi connectivity index (χ4v) is 4.34. The Morgan fingerprint density at radius 2 is 1.71 bits per heavy atom. The predicted octanol–water partition coefficient (Wildman–Crippen LogP) is 4.66. The number of phenolic OH excluding ortho intramolecular Hbond substituents is 2. The molecule has 0 bridgehead atoms. The molecule has 0 saturated heterocycles. The number of carbonyl (C=O) groups is 1. The van der Waals surface area contributed by atoms with Crippen LogP contribution in [-0.2, 0) is 16.8 Å². The molecular weight excluding hydrogens is 397 g/mol. The summed E-state index contributed by atoms with van der Waals surface area (Å²) in [4.78, 5) is 12.8. The average Bonchev–Trinajstić information content (AvgIpc) is 2.73. The molecule has 0 amide bonds. The van der Waals surface area contributed by atoms with Gasteiger partial charge < -0.3 is 20.2 Å². The summed E-state index contributed by atoms with van der Waals surface area (Å²) >= 11 is 0. The number of aliphatic carboxylic acids is 1. The van der Waals surface area contributed by atoms with Crippen molar-refractivity contribution in [1.29, 1.82) is 0 Å². The van der Waals surface area contributed by atoms with Crippen LogP contribution in [0.3, 0.4) is 0 Å². The van der Waals surface area contributed by atoms with Gasteiger partial charge in [0.15, 0.2) is 0 Å². The number of carboxylic acids is 1. The van der Waals surface area contributed by atoms with Gasteiger partial charge in [0.05, 0.1) is 11.2 Å². The normalized spacial score (nSPS) is 18.2. The highest BCUT2D eigenvalue weighted by molar-refractivity contribution is 5.85. The summed E-state index contributed by atoms with van der Waals surface area (Å²) in [5, 5.41) is 28.5. The number of halogens is 1. The second-order valence-electron chi connectivity index (χ2n) is 7.74. The maximum atomic E-state index is 14.9. The SMILES string of the molecule is CC1(c2ccc(/C=C/C(=O)O)cc2)c2ccc(O)cc2CCN1c1ccc(O)cc1F. The van der Waals surface area contributed by atoms with Crippen molar-refractivity contribution in [1.82, 2.24) is 0 Å². The first kappa shape index (κ1) is 20.5. The highest BCUT2D eigenvalue weighted by atomic mass is 19.1. The molecule has 31 heavy (non-hydrogen) atoms. The third-order valence-corrected chi connectivity index (χ3v) is 5.87.